The number of cyclic esters (lactones) is 1. The highest BCUT2D eigenvalue weighted by Gasteiger charge is 2.39. The van der Waals surface area contributed by atoms with E-state index in [1.54, 1.807) is 12.1 Å². The molecule has 1 N–H and O–H groups in total. The summed E-state index contributed by atoms with van der Waals surface area (Å²) in [5.74, 6) is -0.654. The lowest BCUT2D eigenvalue weighted by molar-refractivity contribution is -0.119. The predicted molar refractivity (Wildman–Crippen MR) is 148 cm³/mol. The second kappa shape index (κ2) is 11.1. The molecule has 5 rings (SSSR count). The molecule has 0 aromatic heterocycles. The number of anilines is 1. The van der Waals surface area contributed by atoms with Crippen LogP contribution in [-0.4, -0.2) is 31.2 Å². The Labute approximate surface area is 225 Å². The number of carbonyl (C=O) groups is 2. The fourth-order valence-corrected chi connectivity index (χ4v) is 6.16. The van der Waals surface area contributed by atoms with Crippen LogP contribution in [0.4, 0.5) is 14.9 Å². The van der Waals surface area contributed by atoms with E-state index < -0.39 is 22.7 Å². The van der Waals surface area contributed by atoms with E-state index in [-0.39, 0.29) is 19.1 Å². The second-order valence-electron chi connectivity index (χ2n) is 9.03. The average molecular weight is 527 g/mol. The molecule has 0 saturated carbocycles. The van der Waals surface area contributed by atoms with Crippen LogP contribution in [0.5, 0.6) is 0 Å². The highest BCUT2D eigenvalue weighted by molar-refractivity contribution is 8.00. The van der Waals surface area contributed by atoms with Crippen LogP contribution < -0.4 is 10.2 Å². The van der Waals surface area contributed by atoms with Gasteiger partial charge in [0, 0.05) is 18.4 Å². The van der Waals surface area contributed by atoms with Crippen molar-refractivity contribution in [3.8, 4) is 0 Å². The lowest BCUT2D eigenvalue weighted by Gasteiger charge is -2.35. The number of nitrogens with one attached hydrogen (secondary N) is 1. The topological polar surface area (TPSA) is 58.6 Å². The molecular formula is C31H27FN2O3S. The largest absolute Gasteiger partial charge is 0.447 e. The van der Waals surface area contributed by atoms with Crippen molar-refractivity contribution in [2.45, 2.75) is 22.6 Å². The number of rotatable bonds is 8. The fraction of sp³-hybridized carbons (Fsp3) is 0.161. The molecule has 2 amide bonds. The average Bonchev–Trinajstić information content (AvgIpc) is 3.33. The molecule has 1 aliphatic heterocycles. The minimum atomic E-state index is -0.730. The number of hydrogen-bond donors (Lipinski definition) is 1. The third kappa shape index (κ3) is 5.02. The summed E-state index contributed by atoms with van der Waals surface area (Å²) in [5.41, 5.74) is 3.44. The van der Waals surface area contributed by atoms with E-state index in [0.717, 1.165) is 16.7 Å². The van der Waals surface area contributed by atoms with Gasteiger partial charge in [-0.25, -0.2) is 9.18 Å². The molecule has 0 bridgehead atoms. The summed E-state index contributed by atoms with van der Waals surface area (Å²) in [4.78, 5) is 25.7. The molecule has 4 aromatic carbocycles. The SMILES string of the molecule is CC(=O)NCC1COC(=O)N1c1ccc(SC(c2ccccc2)(c2ccccc2)c2ccccc2)c(F)c1. The van der Waals surface area contributed by atoms with E-state index in [4.69, 9.17) is 4.74 Å². The van der Waals surface area contributed by atoms with Gasteiger partial charge in [0.25, 0.3) is 0 Å². The van der Waals surface area contributed by atoms with Gasteiger partial charge in [0.05, 0.1) is 16.5 Å². The lowest BCUT2D eigenvalue weighted by Crippen LogP contribution is -2.42. The van der Waals surface area contributed by atoms with Crippen molar-refractivity contribution < 1.29 is 18.7 Å². The molecule has 1 heterocycles. The van der Waals surface area contributed by atoms with Gasteiger partial charge in [-0.1, -0.05) is 91.0 Å². The van der Waals surface area contributed by atoms with E-state index >= 15 is 4.39 Å². The number of thioether (sulfide) groups is 1. The summed E-state index contributed by atoms with van der Waals surface area (Å²) in [7, 11) is 0. The van der Waals surface area contributed by atoms with Crippen molar-refractivity contribution in [1.82, 2.24) is 5.32 Å². The lowest BCUT2D eigenvalue weighted by atomic mass is 9.84. The molecule has 1 atom stereocenters. The number of carbonyl (C=O) groups excluding carboxylic acids is 2. The van der Waals surface area contributed by atoms with Gasteiger partial charge < -0.3 is 10.1 Å². The smallest absolute Gasteiger partial charge is 0.414 e. The minimum absolute atomic E-state index is 0.121. The summed E-state index contributed by atoms with van der Waals surface area (Å²) >= 11 is 1.42. The highest BCUT2D eigenvalue weighted by Crippen LogP contribution is 2.52. The van der Waals surface area contributed by atoms with Crippen molar-refractivity contribution in [1.29, 1.82) is 0 Å². The predicted octanol–water partition coefficient (Wildman–Crippen LogP) is 6.37. The summed E-state index contributed by atoms with van der Waals surface area (Å²) in [5, 5.41) is 2.71. The van der Waals surface area contributed by atoms with Crippen LogP contribution in [0.25, 0.3) is 0 Å². The van der Waals surface area contributed by atoms with Gasteiger partial charge in [0.2, 0.25) is 5.91 Å². The van der Waals surface area contributed by atoms with E-state index in [0.29, 0.717) is 10.6 Å². The Morgan fingerprint density at radius 3 is 1.92 bits per heavy atom. The molecule has 7 heteroatoms. The third-order valence-electron chi connectivity index (χ3n) is 6.55. The zero-order chi connectivity index (χ0) is 26.5. The maximum Gasteiger partial charge on any atom is 0.414 e. The number of hydrogen-bond acceptors (Lipinski definition) is 4. The minimum Gasteiger partial charge on any atom is -0.447 e. The Hall–Kier alpha value is -4.10. The number of ether oxygens (including phenoxy) is 1. The van der Waals surface area contributed by atoms with Crippen molar-refractivity contribution in [2.24, 2.45) is 0 Å². The Morgan fingerprint density at radius 1 is 0.921 bits per heavy atom. The number of nitrogens with zero attached hydrogens (tertiary/aromatic N) is 1. The maximum atomic E-state index is 15.9. The van der Waals surface area contributed by atoms with Crippen LogP contribution in [0.15, 0.2) is 114 Å². The molecular weight excluding hydrogens is 499 g/mol. The van der Waals surface area contributed by atoms with Crippen molar-refractivity contribution in [2.75, 3.05) is 18.1 Å². The van der Waals surface area contributed by atoms with Gasteiger partial charge in [0.15, 0.2) is 0 Å². The molecule has 1 saturated heterocycles. The molecule has 0 aliphatic carbocycles. The molecule has 1 unspecified atom stereocenters. The molecule has 4 aromatic rings. The van der Waals surface area contributed by atoms with Crippen molar-refractivity contribution >= 4 is 29.4 Å². The van der Waals surface area contributed by atoms with Gasteiger partial charge >= 0.3 is 6.09 Å². The van der Waals surface area contributed by atoms with Gasteiger partial charge in [-0.15, -0.1) is 11.8 Å². The zero-order valence-electron chi connectivity index (χ0n) is 20.8. The number of halogens is 1. The normalized spacial score (nSPS) is 15.3. The fourth-order valence-electron chi connectivity index (χ4n) is 4.77. The van der Waals surface area contributed by atoms with Gasteiger partial charge in [-0.2, -0.15) is 0 Å². The molecule has 0 spiro atoms. The Bertz CT molecular complexity index is 1320. The van der Waals surface area contributed by atoms with Crippen LogP contribution in [0, 0.1) is 5.82 Å². The van der Waals surface area contributed by atoms with Crippen molar-refractivity contribution in [3.63, 3.8) is 0 Å². The first-order valence-corrected chi connectivity index (χ1v) is 13.2. The Balaban J connectivity index is 1.58. The Morgan fingerprint density at radius 2 is 1.45 bits per heavy atom. The Kier molecular flexibility index (Phi) is 7.47. The monoisotopic (exact) mass is 526 g/mol. The first-order chi connectivity index (χ1) is 18.5. The molecule has 5 nitrogen and oxygen atoms in total. The molecule has 1 aliphatic rings. The van der Waals surface area contributed by atoms with Crippen LogP contribution in [-0.2, 0) is 14.3 Å². The molecule has 1 fully saturated rings. The van der Waals surface area contributed by atoms with E-state index in [2.05, 4.69) is 41.7 Å². The van der Waals surface area contributed by atoms with Crippen LogP contribution in [0.1, 0.15) is 23.6 Å². The standard InChI is InChI=1S/C31H27FN2O3S/c1-22(35)33-20-27-21-37-30(36)34(27)26-17-18-29(28(32)19-26)38-31(23-11-5-2-6-12-23,24-13-7-3-8-14-24)25-15-9-4-10-16-25/h2-19,27H,20-21H2,1H3,(H,33,35). The van der Waals surface area contributed by atoms with Crippen LogP contribution >= 0.6 is 11.8 Å². The first-order valence-electron chi connectivity index (χ1n) is 12.3. The number of benzene rings is 4. The van der Waals surface area contributed by atoms with Gasteiger partial charge in [-0.05, 0) is 34.9 Å². The summed E-state index contributed by atoms with van der Waals surface area (Å²) in [6.45, 7) is 1.75. The summed E-state index contributed by atoms with van der Waals surface area (Å²) in [6, 6.07) is 34.6. The van der Waals surface area contributed by atoms with Gasteiger partial charge in [0.1, 0.15) is 12.4 Å². The second-order valence-corrected chi connectivity index (χ2v) is 10.3. The maximum absolute atomic E-state index is 15.9. The molecule has 0 radical (unpaired) electrons. The highest BCUT2D eigenvalue weighted by atomic mass is 32.2. The van der Waals surface area contributed by atoms with E-state index in [1.807, 2.05) is 54.6 Å². The molecule has 192 valence electrons. The summed E-state index contributed by atoms with van der Waals surface area (Å²) in [6.07, 6.45) is -0.563. The van der Waals surface area contributed by atoms with Crippen LogP contribution in [0.3, 0.4) is 0 Å². The van der Waals surface area contributed by atoms with Crippen LogP contribution in [0.2, 0.25) is 0 Å². The van der Waals surface area contributed by atoms with E-state index in [9.17, 15) is 9.59 Å². The zero-order valence-corrected chi connectivity index (χ0v) is 21.7. The third-order valence-corrected chi connectivity index (χ3v) is 8.11. The number of amides is 2. The van der Waals surface area contributed by atoms with Crippen molar-refractivity contribution in [3.05, 3.63) is 132 Å². The quantitative estimate of drug-likeness (QED) is 0.214. The van der Waals surface area contributed by atoms with E-state index in [1.165, 1.54) is 29.7 Å². The molecule has 38 heavy (non-hydrogen) atoms. The first kappa shape index (κ1) is 25.5. The summed E-state index contributed by atoms with van der Waals surface area (Å²) < 4.78 is 20.3. The van der Waals surface area contributed by atoms with Gasteiger partial charge in [-0.3, -0.25) is 9.69 Å².